The Morgan fingerprint density at radius 2 is 1.92 bits per heavy atom. The Balaban J connectivity index is 1.52. The molecule has 1 aromatic rings. The fourth-order valence-corrected chi connectivity index (χ4v) is 5.30. The Kier molecular flexibility index (Phi) is 4.21. The maximum Gasteiger partial charge on any atom is 0.213 e. The lowest BCUT2D eigenvalue weighted by molar-refractivity contribution is 0.270. The van der Waals surface area contributed by atoms with E-state index in [4.69, 9.17) is 9.47 Å². The number of hydrogen-bond donors (Lipinski definition) is 0. The van der Waals surface area contributed by atoms with Crippen molar-refractivity contribution >= 4 is 10.0 Å². The molecule has 3 aliphatic heterocycles. The molecular weight excluding hydrogens is 326 g/mol. The van der Waals surface area contributed by atoms with Crippen molar-refractivity contribution in [3.8, 4) is 11.5 Å². The van der Waals surface area contributed by atoms with E-state index in [-0.39, 0.29) is 5.75 Å². The van der Waals surface area contributed by atoms with Gasteiger partial charge in [0.25, 0.3) is 0 Å². The van der Waals surface area contributed by atoms with E-state index in [1.54, 1.807) is 11.2 Å². The summed E-state index contributed by atoms with van der Waals surface area (Å²) in [5.74, 6) is 2.85. The number of ether oxygens (including phenoxy) is 2. The summed E-state index contributed by atoms with van der Waals surface area (Å²) < 4.78 is 37.4. The molecule has 3 heterocycles. The second-order valence-electron chi connectivity index (χ2n) is 6.96. The van der Waals surface area contributed by atoms with Crippen LogP contribution < -0.4 is 9.47 Å². The smallest absolute Gasteiger partial charge is 0.213 e. The van der Waals surface area contributed by atoms with Gasteiger partial charge in [0.1, 0.15) is 11.5 Å². The van der Waals surface area contributed by atoms with E-state index in [1.165, 1.54) is 16.7 Å². The van der Waals surface area contributed by atoms with E-state index >= 15 is 0 Å². The van der Waals surface area contributed by atoms with E-state index in [2.05, 4.69) is 6.07 Å². The van der Waals surface area contributed by atoms with Gasteiger partial charge in [-0.2, -0.15) is 0 Å². The van der Waals surface area contributed by atoms with Crippen LogP contribution in [0.25, 0.3) is 0 Å². The van der Waals surface area contributed by atoms with Crippen molar-refractivity contribution in [1.29, 1.82) is 0 Å². The fraction of sp³-hybridized carbons (Fsp3) is 0.667. The molecule has 132 valence electrons. The lowest BCUT2D eigenvalue weighted by atomic mass is 9.87. The first-order valence-electron chi connectivity index (χ1n) is 8.99. The first kappa shape index (κ1) is 16.2. The fourth-order valence-electron chi connectivity index (χ4n) is 4.16. The molecule has 5 nitrogen and oxygen atoms in total. The van der Waals surface area contributed by atoms with Crippen LogP contribution in [0.4, 0.5) is 0 Å². The molecule has 0 aromatic heterocycles. The molecule has 6 heteroatoms. The second kappa shape index (κ2) is 6.23. The largest absolute Gasteiger partial charge is 0.493 e. The van der Waals surface area contributed by atoms with Gasteiger partial charge in [-0.05, 0) is 38.2 Å². The lowest BCUT2D eigenvalue weighted by Crippen LogP contribution is -2.39. The average Bonchev–Trinajstić information content (AvgIpc) is 3.24. The Bertz CT molecular complexity index is 704. The van der Waals surface area contributed by atoms with Crippen LogP contribution in [0.1, 0.15) is 36.5 Å². The average molecular weight is 351 g/mol. The number of sulfonamides is 1. The quantitative estimate of drug-likeness (QED) is 0.834. The number of benzene rings is 1. The van der Waals surface area contributed by atoms with Gasteiger partial charge in [0.05, 0.1) is 19.0 Å². The number of hydrogen-bond acceptors (Lipinski definition) is 4. The van der Waals surface area contributed by atoms with Crippen LogP contribution in [-0.2, 0) is 29.3 Å². The molecule has 0 saturated carbocycles. The molecule has 1 saturated heterocycles. The molecule has 0 radical (unpaired) electrons. The second-order valence-corrected chi connectivity index (χ2v) is 9.22. The van der Waals surface area contributed by atoms with Gasteiger partial charge >= 0.3 is 0 Å². The van der Waals surface area contributed by atoms with Crippen molar-refractivity contribution in [2.24, 2.45) is 5.92 Å². The highest BCUT2D eigenvalue weighted by molar-refractivity contribution is 7.89. The summed E-state index contributed by atoms with van der Waals surface area (Å²) in [6.45, 7) is 4.54. The molecule has 0 atom stereocenters. The first-order chi connectivity index (χ1) is 11.6. The van der Waals surface area contributed by atoms with Gasteiger partial charge < -0.3 is 9.47 Å². The predicted molar refractivity (Wildman–Crippen MR) is 92.3 cm³/mol. The zero-order valence-corrected chi connectivity index (χ0v) is 15.0. The molecular formula is C18H25NO4S. The molecule has 4 rings (SSSR count). The SMILES string of the molecule is CCS(=O)(=O)N1CCC(Cc2c3c(cc4c2OCC4)OCC3)CC1. The maximum absolute atomic E-state index is 12.0. The van der Waals surface area contributed by atoms with Crippen LogP contribution in [0.5, 0.6) is 11.5 Å². The van der Waals surface area contributed by atoms with Crippen LogP contribution in [-0.4, -0.2) is 44.8 Å². The van der Waals surface area contributed by atoms with Crippen molar-refractivity contribution in [2.45, 2.75) is 39.0 Å². The summed E-state index contributed by atoms with van der Waals surface area (Å²) in [5.41, 5.74) is 3.92. The van der Waals surface area contributed by atoms with Gasteiger partial charge in [-0.3, -0.25) is 0 Å². The van der Waals surface area contributed by atoms with Gasteiger partial charge in [-0.25, -0.2) is 12.7 Å². The zero-order valence-electron chi connectivity index (χ0n) is 14.2. The summed E-state index contributed by atoms with van der Waals surface area (Å²) in [5, 5.41) is 0. The van der Waals surface area contributed by atoms with E-state index in [0.29, 0.717) is 19.0 Å². The standard InChI is InChI=1S/C18H25NO4S/c1-2-24(20,21)19-7-3-13(4-8-19)11-16-15-6-10-22-17(15)12-14-5-9-23-18(14)16/h12-13H,2-11H2,1H3. The molecule has 0 unspecified atom stereocenters. The highest BCUT2D eigenvalue weighted by atomic mass is 32.2. The number of fused-ring (bicyclic) bond motifs is 2. The summed E-state index contributed by atoms with van der Waals surface area (Å²) in [7, 11) is -3.05. The number of rotatable bonds is 4. The van der Waals surface area contributed by atoms with Gasteiger partial charge in [-0.1, -0.05) is 0 Å². The van der Waals surface area contributed by atoms with E-state index < -0.39 is 10.0 Å². The summed E-state index contributed by atoms with van der Waals surface area (Å²) >= 11 is 0. The topological polar surface area (TPSA) is 55.8 Å². The van der Waals surface area contributed by atoms with E-state index in [1.807, 2.05) is 0 Å². The van der Waals surface area contributed by atoms with Gasteiger partial charge in [-0.15, -0.1) is 0 Å². The summed E-state index contributed by atoms with van der Waals surface area (Å²) in [6.07, 6.45) is 4.77. The van der Waals surface area contributed by atoms with Crippen molar-refractivity contribution in [1.82, 2.24) is 4.31 Å². The summed E-state index contributed by atoms with van der Waals surface area (Å²) in [4.78, 5) is 0. The van der Waals surface area contributed by atoms with Crippen molar-refractivity contribution in [3.63, 3.8) is 0 Å². The van der Waals surface area contributed by atoms with E-state index in [9.17, 15) is 8.42 Å². The molecule has 0 aliphatic carbocycles. The molecule has 1 fully saturated rings. The molecule has 0 N–H and O–H groups in total. The minimum atomic E-state index is -3.05. The first-order valence-corrected chi connectivity index (χ1v) is 10.6. The number of nitrogens with zero attached hydrogens (tertiary/aromatic N) is 1. The summed E-state index contributed by atoms with van der Waals surface area (Å²) in [6, 6.07) is 2.16. The Hall–Kier alpha value is -1.27. The monoisotopic (exact) mass is 351 g/mol. The third-order valence-electron chi connectivity index (χ3n) is 5.58. The minimum Gasteiger partial charge on any atom is -0.493 e. The molecule has 3 aliphatic rings. The Morgan fingerprint density at radius 1 is 1.17 bits per heavy atom. The van der Waals surface area contributed by atoms with E-state index in [0.717, 1.165) is 56.8 Å². The zero-order chi connectivity index (χ0) is 16.7. The molecule has 24 heavy (non-hydrogen) atoms. The third kappa shape index (κ3) is 2.80. The minimum absolute atomic E-state index is 0.197. The van der Waals surface area contributed by atoms with Crippen LogP contribution in [0, 0.1) is 5.92 Å². The molecule has 0 amide bonds. The van der Waals surface area contributed by atoms with Crippen LogP contribution in [0.2, 0.25) is 0 Å². The molecule has 0 spiro atoms. The number of piperidine rings is 1. The Labute approximate surface area is 144 Å². The normalized spacial score (nSPS) is 21.2. The molecule has 0 bridgehead atoms. The highest BCUT2D eigenvalue weighted by Crippen LogP contribution is 2.42. The van der Waals surface area contributed by atoms with Gasteiger partial charge in [0.15, 0.2) is 0 Å². The van der Waals surface area contributed by atoms with Gasteiger partial charge in [0.2, 0.25) is 10.0 Å². The van der Waals surface area contributed by atoms with Crippen LogP contribution in [0.15, 0.2) is 6.07 Å². The van der Waals surface area contributed by atoms with Crippen molar-refractivity contribution in [2.75, 3.05) is 32.1 Å². The lowest BCUT2D eigenvalue weighted by Gasteiger charge is -2.31. The van der Waals surface area contributed by atoms with Crippen LogP contribution >= 0.6 is 0 Å². The predicted octanol–water partition coefficient (Wildman–Crippen LogP) is 2.16. The highest BCUT2D eigenvalue weighted by Gasteiger charge is 2.31. The molecule has 1 aromatic carbocycles. The van der Waals surface area contributed by atoms with Crippen molar-refractivity contribution in [3.05, 3.63) is 22.8 Å². The van der Waals surface area contributed by atoms with Crippen molar-refractivity contribution < 1.29 is 17.9 Å². The maximum atomic E-state index is 12.0. The van der Waals surface area contributed by atoms with Gasteiger partial charge in [0, 0.05) is 42.6 Å². The third-order valence-corrected chi connectivity index (χ3v) is 7.47. The Morgan fingerprint density at radius 3 is 2.67 bits per heavy atom. The van der Waals surface area contributed by atoms with Crippen LogP contribution in [0.3, 0.4) is 0 Å².